The standard InChI is InChI=1S/C17H22N2O3/c1-2-18-9-14(8-16(18)20)17(21)19-10-15(11-19)22-12-13-6-4-3-5-7-13/h3-7,14-15H,2,8-12H2,1H3/t14-/m1/s1. The first-order valence-electron chi connectivity index (χ1n) is 7.89. The van der Waals surface area contributed by atoms with E-state index in [0.29, 0.717) is 39.2 Å². The average molecular weight is 302 g/mol. The van der Waals surface area contributed by atoms with Gasteiger partial charge in [-0.15, -0.1) is 0 Å². The van der Waals surface area contributed by atoms with E-state index in [2.05, 4.69) is 0 Å². The smallest absolute Gasteiger partial charge is 0.228 e. The Hall–Kier alpha value is -1.88. The van der Waals surface area contributed by atoms with Gasteiger partial charge in [-0.05, 0) is 12.5 Å². The molecule has 1 atom stereocenters. The van der Waals surface area contributed by atoms with Crippen LogP contribution >= 0.6 is 0 Å². The molecule has 0 aromatic heterocycles. The van der Waals surface area contributed by atoms with Crippen LogP contribution in [0, 0.1) is 5.92 Å². The summed E-state index contributed by atoms with van der Waals surface area (Å²) in [4.78, 5) is 27.6. The quantitative estimate of drug-likeness (QED) is 0.823. The lowest BCUT2D eigenvalue weighted by molar-refractivity contribution is -0.150. The Morgan fingerprint density at radius 1 is 1.23 bits per heavy atom. The fourth-order valence-electron chi connectivity index (χ4n) is 3.01. The molecule has 3 rings (SSSR count). The number of benzene rings is 1. The predicted molar refractivity (Wildman–Crippen MR) is 82.0 cm³/mol. The molecule has 0 spiro atoms. The summed E-state index contributed by atoms with van der Waals surface area (Å²) in [5.74, 6) is 0.0321. The molecule has 118 valence electrons. The molecule has 0 aliphatic carbocycles. The van der Waals surface area contributed by atoms with Gasteiger partial charge in [0, 0.05) is 32.6 Å². The molecule has 22 heavy (non-hydrogen) atoms. The molecule has 2 heterocycles. The molecule has 0 N–H and O–H groups in total. The first kappa shape index (κ1) is 15.0. The highest BCUT2D eigenvalue weighted by Crippen LogP contribution is 2.23. The molecule has 0 bridgehead atoms. The first-order chi connectivity index (χ1) is 10.7. The van der Waals surface area contributed by atoms with Crippen molar-refractivity contribution in [3.63, 3.8) is 0 Å². The van der Waals surface area contributed by atoms with Crippen LogP contribution in [0.1, 0.15) is 18.9 Å². The molecule has 2 fully saturated rings. The number of amides is 2. The van der Waals surface area contributed by atoms with Gasteiger partial charge in [-0.2, -0.15) is 0 Å². The van der Waals surface area contributed by atoms with E-state index >= 15 is 0 Å². The van der Waals surface area contributed by atoms with Crippen molar-refractivity contribution in [3.8, 4) is 0 Å². The van der Waals surface area contributed by atoms with E-state index in [1.54, 1.807) is 4.90 Å². The lowest BCUT2D eigenvalue weighted by atomic mass is 10.0. The van der Waals surface area contributed by atoms with E-state index in [-0.39, 0.29) is 23.8 Å². The number of carbonyl (C=O) groups excluding carboxylic acids is 2. The van der Waals surface area contributed by atoms with Gasteiger partial charge < -0.3 is 14.5 Å². The number of rotatable bonds is 5. The van der Waals surface area contributed by atoms with Gasteiger partial charge >= 0.3 is 0 Å². The van der Waals surface area contributed by atoms with Crippen molar-refractivity contribution in [1.82, 2.24) is 9.80 Å². The highest BCUT2D eigenvalue weighted by Gasteiger charge is 2.40. The molecular weight excluding hydrogens is 280 g/mol. The maximum Gasteiger partial charge on any atom is 0.228 e. The Bertz CT molecular complexity index is 540. The largest absolute Gasteiger partial charge is 0.370 e. The molecule has 0 saturated carbocycles. The zero-order valence-electron chi connectivity index (χ0n) is 12.9. The summed E-state index contributed by atoms with van der Waals surface area (Å²) in [5, 5.41) is 0. The lowest BCUT2D eigenvalue weighted by Crippen LogP contribution is -2.56. The normalized spacial score (nSPS) is 22.0. The van der Waals surface area contributed by atoms with E-state index in [9.17, 15) is 9.59 Å². The number of ether oxygens (including phenoxy) is 1. The minimum Gasteiger partial charge on any atom is -0.370 e. The number of hydrogen-bond donors (Lipinski definition) is 0. The van der Waals surface area contributed by atoms with Crippen LogP contribution in [0.15, 0.2) is 30.3 Å². The van der Waals surface area contributed by atoms with Crippen LogP contribution in [0.5, 0.6) is 0 Å². The zero-order chi connectivity index (χ0) is 15.5. The van der Waals surface area contributed by atoms with E-state index in [4.69, 9.17) is 4.74 Å². The molecule has 2 amide bonds. The molecule has 0 radical (unpaired) electrons. The van der Waals surface area contributed by atoms with E-state index in [1.165, 1.54) is 0 Å². The SMILES string of the molecule is CCN1C[C@H](C(=O)N2CC(OCc3ccccc3)C2)CC1=O. The molecule has 2 aliphatic heterocycles. The highest BCUT2D eigenvalue weighted by molar-refractivity contribution is 5.89. The van der Waals surface area contributed by atoms with Crippen LogP contribution < -0.4 is 0 Å². The van der Waals surface area contributed by atoms with Crippen molar-refractivity contribution in [2.75, 3.05) is 26.2 Å². The maximum atomic E-state index is 12.3. The summed E-state index contributed by atoms with van der Waals surface area (Å²) in [6, 6.07) is 10.0. The second-order valence-electron chi connectivity index (χ2n) is 6.00. The van der Waals surface area contributed by atoms with Crippen molar-refractivity contribution in [1.29, 1.82) is 0 Å². The van der Waals surface area contributed by atoms with Gasteiger partial charge in [0.15, 0.2) is 0 Å². The fraction of sp³-hybridized carbons (Fsp3) is 0.529. The van der Waals surface area contributed by atoms with E-state index in [0.717, 1.165) is 5.56 Å². The predicted octanol–water partition coefficient (Wildman–Crippen LogP) is 1.28. The Labute approximate surface area is 130 Å². The van der Waals surface area contributed by atoms with E-state index in [1.807, 2.05) is 42.2 Å². The van der Waals surface area contributed by atoms with Crippen molar-refractivity contribution >= 4 is 11.8 Å². The zero-order valence-corrected chi connectivity index (χ0v) is 12.9. The second kappa shape index (κ2) is 6.48. The fourth-order valence-corrected chi connectivity index (χ4v) is 3.01. The molecule has 2 saturated heterocycles. The minimum atomic E-state index is -0.164. The first-order valence-corrected chi connectivity index (χ1v) is 7.89. The summed E-state index contributed by atoms with van der Waals surface area (Å²) in [7, 11) is 0. The van der Waals surface area contributed by atoms with Crippen LogP contribution in [-0.4, -0.2) is 53.9 Å². The third-order valence-electron chi connectivity index (χ3n) is 4.43. The topological polar surface area (TPSA) is 49.9 Å². The molecule has 5 nitrogen and oxygen atoms in total. The number of nitrogens with zero attached hydrogens (tertiary/aromatic N) is 2. The third kappa shape index (κ3) is 3.14. The summed E-state index contributed by atoms with van der Waals surface area (Å²) < 4.78 is 5.80. The van der Waals surface area contributed by atoms with Crippen LogP contribution in [0.3, 0.4) is 0 Å². The highest BCUT2D eigenvalue weighted by atomic mass is 16.5. The van der Waals surface area contributed by atoms with Gasteiger partial charge in [0.2, 0.25) is 11.8 Å². The van der Waals surface area contributed by atoms with Crippen LogP contribution in [0.4, 0.5) is 0 Å². The van der Waals surface area contributed by atoms with Gasteiger partial charge in [-0.1, -0.05) is 30.3 Å². The van der Waals surface area contributed by atoms with E-state index < -0.39 is 0 Å². The third-order valence-corrected chi connectivity index (χ3v) is 4.43. The molecule has 0 unspecified atom stereocenters. The Morgan fingerprint density at radius 2 is 1.95 bits per heavy atom. The molecule has 2 aliphatic rings. The van der Waals surface area contributed by atoms with Crippen LogP contribution in [-0.2, 0) is 20.9 Å². The molecule has 1 aromatic rings. The van der Waals surface area contributed by atoms with Gasteiger partial charge in [-0.25, -0.2) is 0 Å². The monoisotopic (exact) mass is 302 g/mol. The Morgan fingerprint density at radius 3 is 2.59 bits per heavy atom. The maximum absolute atomic E-state index is 12.3. The van der Waals surface area contributed by atoms with Gasteiger partial charge in [-0.3, -0.25) is 9.59 Å². The number of likely N-dealkylation sites (tertiary alicyclic amines) is 2. The van der Waals surface area contributed by atoms with Crippen LogP contribution in [0.2, 0.25) is 0 Å². The van der Waals surface area contributed by atoms with Gasteiger partial charge in [0.25, 0.3) is 0 Å². The van der Waals surface area contributed by atoms with Crippen molar-refractivity contribution in [3.05, 3.63) is 35.9 Å². The summed E-state index contributed by atoms with van der Waals surface area (Å²) in [5.41, 5.74) is 1.15. The van der Waals surface area contributed by atoms with Gasteiger partial charge in [0.05, 0.1) is 18.6 Å². The van der Waals surface area contributed by atoms with Gasteiger partial charge in [0.1, 0.15) is 0 Å². The van der Waals surface area contributed by atoms with Crippen molar-refractivity contribution in [2.24, 2.45) is 5.92 Å². The summed E-state index contributed by atoms with van der Waals surface area (Å²) in [6.07, 6.45) is 0.474. The lowest BCUT2D eigenvalue weighted by Gasteiger charge is -2.40. The molecular formula is C17H22N2O3. The van der Waals surface area contributed by atoms with Crippen LogP contribution in [0.25, 0.3) is 0 Å². The number of carbonyl (C=O) groups is 2. The van der Waals surface area contributed by atoms with Crippen molar-refractivity contribution < 1.29 is 14.3 Å². The molecule has 5 heteroatoms. The average Bonchev–Trinajstić information content (AvgIpc) is 2.87. The molecule has 1 aromatic carbocycles. The second-order valence-corrected chi connectivity index (χ2v) is 6.00. The summed E-state index contributed by atoms with van der Waals surface area (Å²) in [6.45, 7) is 5.07. The van der Waals surface area contributed by atoms with Crippen molar-refractivity contribution in [2.45, 2.75) is 26.1 Å². The number of hydrogen-bond acceptors (Lipinski definition) is 3. The Kier molecular flexibility index (Phi) is 4.43. The Balaban J connectivity index is 1.41. The summed E-state index contributed by atoms with van der Waals surface area (Å²) >= 11 is 0. The minimum absolute atomic E-state index is 0.0956.